The minimum Gasteiger partial charge on any atom is -0.382 e. The number of rotatable bonds is 11. The van der Waals surface area contributed by atoms with Crippen LogP contribution in [-0.4, -0.2) is 45.6 Å². The summed E-state index contributed by atoms with van der Waals surface area (Å²) in [6.07, 6.45) is 0.585. The zero-order valence-electron chi connectivity index (χ0n) is 16.0. The Morgan fingerprint density at radius 3 is 2.55 bits per heavy atom. The van der Waals surface area contributed by atoms with Gasteiger partial charge in [0.1, 0.15) is 6.54 Å². The zero-order chi connectivity index (χ0) is 21.3. The third-order valence-corrected chi connectivity index (χ3v) is 5.73. The van der Waals surface area contributed by atoms with E-state index in [-0.39, 0.29) is 16.3 Å². The number of benzene rings is 2. The lowest BCUT2D eigenvalue weighted by Gasteiger charge is -2.24. The van der Waals surface area contributed by atoms with E-state index in [0.29, 0.717) is 26.2 Å². The molecule has 1 N–H and O–H groups in total. The normalized spacial score (nSPS) is 11.1. The maximum absolute atomic E-state index is 13.1. The number of nitrogens with one attached hydrogen (secondary N) is 1. The minimum absolute atomic E-state index is 0.0179. The van der Waals surface area contributed by atoms with E-state index in [1.54, 1.807) is 18.2 Å². The van der Waals surface area contributed by atoms with Gasteiger partial charge in [0.05, 0.1) is 15.5 Å². The molecule has 0 bridgehead atoms. The first-order valence-corrected chi connectivity index (χ1v) is 10.5. The quantitative estimate of drug-likeness (QED) is 0.338. The van der Waals surface area contributed by atoms with E-state index >= 15 is 0 Å². The van der Waals surface area contributed by atoms with Gasteiger partial charge in [-0.05, 0) is 31.5 Å². The van der Waals surface area contributed by atoms with Gasteiger partial charge < -0.3 is 10.1 Å². The standard InChI is InChI=1S/C19H23N3O6S/c1-2-28-13-7-12-20-19(23)15-21(16-8-6-9-17(14-16)22(24)25)29(26,27)18-10-4-3-5-11-18/h3-6,8-11,14H,2,7,12-13,15H2,1H3,(H,20,23). The number of amides is 1. The first kappa shape index (κ1) is 22.3. The van der Waals surface area contributed by atoms with Crippen molar-refractivity contribution in [3.05, 3.63) is 64.7 Å². The summed E-state index contributed by atoms with van der Waals surface area (Å²) < 4.78 is 32.3. The predicted octanol–water partition coefficient (Wildman–Crippen LogP) is 2.33. The number of carbonyl (C=O) groups excluding carboxylic acids is 1. The number of hydrogen-bond acceptors (Lipinski definition) is 6. The fourth-order valence-corrected chi connectivity index (χ4v) is 3.96. The highest BCUT2D eigenvalue weighted by Crippen LogP contribution is 2.26. The maximum atomic E-state index is 13.1. The molecule has 0 saturated heterocycles. The molecular formula is C19H23N3O6S. The second-order valence-corrected chi connectivity index (χ2v) is 7.86. The first-order chi connectivity index (χ1) is 13.9. The van der Waals surface area contributed by atoms with Crippen LogP contribution >= 0.6 is 0 Å². The van der Waals surface area contributed by atoms with Crippen LogP contribution in [0.4, 0.5) is 11.4 Å². The fourth-order valence-electron chi connectivity index (χ4n) is 2.53. The number of hydrogen-bond donors (Lipinski definition) is 1. The molecule has 2 rings (SSSR count). The Balaban J connectivity index is 2.28. The summed E-state index contributed by atoms with van der Waals surface area (Å²) in [7, 11) is -4.11. The van der Waals surface area contributed by atoms with Crippen molar-refractivity contribution in [2.75, 3.05) is 30.6 Å². The third-order valence-electron chi connectivity index (χ3n) is 3.94. The lowest BCUT2D eigenvalue weighted by Crippen LogP contribution is -2.41. The summed E-state index contributed by atoms with van der Waals surface area (Å²) in [5.41, 5.74) is -0.236. The fraction of sp³-hybridized carbons (Fsp3) is 0.316. The van der Waals surface area contributed by atoms with Gasteiger partial charge in [-0.1, -0.05) is 24.3 Å². The molecule has 0 heterocycles. The molecule has 156 valence electrons. The van der Waals surface area contributed by atoms with Crippen molar-refractivity contribution < 1.29 is 22.9 Å². The Kier molecular flexibility index (Phi) is 8.10. The average Bonchev–Trinajstić information content (AvgIpc) is 2.72. The largest absolute Gasteiger partial charge is 0.382 e. The van der Waals surface area contributed by atoms with Crippen molar-refractivity contribution >= 4 is 27.3 Å². The second kappa shape index (κ2) is 10.5. The summed E-state index contributed by atoms with van der Waals surface area (Å²) in [5.74, 6) is -0.521. The molecule has 0 atom stereocenters. The zero-order valence-corrected chi connectivity index (χ0v) is 16.8. The highest BCUT2D eigenvalue weighted by atomic mass is 32.2. The number of non-ortho nitro benzene ring substituents is 1. The molecule has 0 aliphatic carbocycles. The van der Waals surface area contributed by atoms with Gasteiger partial charge in [-0.3, -0.25) is 19.2 Å². The van der Waals surface area contributed by atoms with Crippen LogP contribution in [0.1, 0.15) is 13.3 Å². The van der Waals surface area contributed by atoms with Crippen LogP contribution in [0.3, 0.4) is 0 Å². The minimum atomic E-state index is -4.11. The lowest BCUT2D eigenvalue weighted by atomic mass is 10.3. The molecule has 0 spiro atoms. The third kappa shape index (κ3) is 6.26. The van der Waals surface area contributed by atoms with E-state index in [1.165, 1.54) is 30.3 Å². The molecule has 9 nitrogen and oxygen atoms in total. The second-order valence-electron chi connectivity index (χ2n) is 6.00. The molecular weight excluding hydrogens is 398 g/mol. The SMILES string of the molecule is CCOCCCNC(=O)CN(c1cccc([N+](=O)[O-])c1)S(=O)(=O)c1ccccc1. The predicted molar refractivity (Wildman–Crippen MR) is 108 cm³/mol. The van der Waals surface area contributed by atoms with E-state index in [2.05, 4.69) is 5.32 Å². The molecule has 0 unspecified atom stereocenters. The number of nitro groups is 1. The highest BCUT2D eigenvalue weighted by Gasteiger charge is 2.28. The molecule has 0 aliphatic heterocycles. The molecule has 10 heteroatoms. The number of nitrogens with zero attached hydrogens (tertiary/aromatic N) is 2. The Bertz CT molecular complexity index is 934. The molecule has 0 fully saturated rings. The Morgan fingerprint density at radius 1 is 1.17 bits per heavy atom. The molecule has 2 aromatic rings. The van der Waals surface area contributed by atoms with Gasteiger partial charge in [0.15, 0.2) is 0 Å². The number of carbonyl (C=O) groups is 1. The number of ether oxygens (including phenoxy) is 1. The van der Waals surface area contributed by atoms with E-state index in [1.807, 2.05) is 6.92 Å². The molecule has 0 aliphatic rings. The molecule has 29 heavy (non-hydrogen) atoms. The van der Waals surface area contributed by atoms with Crippen LogP contribution in [0, 0.1) is 10.1 Å². The molecule has 1 amide bonds. The molecule has 2 aromatic carbocycles. The van der Waals surface area contributed by atoms with E-state index in [9.17, 15) is 23.3 Å². The number of nitro benzene ring substituents is 1. The van der Waals surface area contributed by atoms with Crippen LogP contribution in [0.25, 0.3) is 0 Å². The van der Waals surface area contributed by atoms with Crippen LogP contribution in [-0.2, 0) is 19.6 Å². The van der Waals surface area contributed by atoms with Crippen molar-refractivity contribution in [1.82, 2.24) is 5.32 Å². The van der Waals surface area contributed by atoms with Crippen LogP contribution < -0.4 is 9.62 Å². The van der Waals surface area contributed by atoms with E-state index in [4.69, 9.17) is 4.74 Å². The topological polar surface area (TPSA) is 119 Å². The molecule has 0 aromatic heterocycles. The molecule has 0 saturated carbocycles. The van der Waals surface area contributed by atoms with Gasteiger partial charge in [-0.2, -0.15) is 0 Å². The number of sulfonamides is 1. The Morgan fingerprint density at radius 2 is 1.90 bits per heavy atom. The summed E-state index contributed by atoms with van der Waals surface area (Å²) in [4.78, 5) is 22.8. The van der Waals surface area contributed by atoms with Crippen LogP contribution in [0.15, 0.2) is 59.5 Å². The van der Waals surface area contributed by atoms with Gasteiger partial charge in [0.25, 0.3) is 15.7 Å². The van der Waals surface area contributed by atoms with Crippen molar-refractivity contribution in [2.45, 2.75) is 18.2 Å². The Hall–Kier alpha value is -2.98. The summed E-state index contributed by atoms with van der Waals surface area (Å²) in [6.45, 7) is 2.74. The maximum Gasteiger partial charge on any atom is 0.271 e. The highest BCUT2D eigenvalue weighted by molar-refractivity contribution is 7.92. The van der Waals surface area contributed by atoms with Gasteiger partial charge >= 0.3 is 0 Å². The van der Waals surface area contributed by atoms with Gasteiger partial charge in [0.2, 0.25) is 5.91 Å². The smallest absolute Gasteiger partial charge is 0.271 e. The monoisotopic (exact) mass is 421 g/mol. The van der Waals surface area contributed by atoms with Crippen LogP contribution in [0.2, 0.25) is 0 Å². The number of anilines is 1. The van der Waals surface area contributed by atoms with Gasteiger partial charge in [-0.15, -0.1) is 0 Å². The Labute approximate surface area is 169 Å². The van der Waals surface area contributed by atoms with Crippen molar-refractivity contribution in [3.63, 3.8) is 0 Å². The van der Waals surface area contributed by atoms with Crippen LogP contribution in [0.5, 0.6) is 0 Å². The molecule has 0 radical (unpaired) electrons. The van der Waals surface area contributed by atoms with E-state index in [0.717, 1.165) is 10.4 Å². The average molecular weight is 421 g/mol. The van der Waals surface area contributed by atoms with Gasteiger partial charge in [0, 0.05) is 31.9 Å². The summed E-state index contributed by atoms with van der Waals surface area (Å²) in [6, 6.07) is 12.8. The van der Waals surface area contributed by atoms with E-state index < -0.39 is 27.4 Å². The summed E-state index contributed by atoms with van der Waals surface area (Å²) >= 11 is 0. The summed E-state index contributed by atoms with van der Waals surface area (Å²) in [5, 5.41) is 13.7. The van der Waals surface area contributed by atoms with Crippen molar-refractivity contribution in [2.24, 2.45) is 0 Å². The lowest BCUT2D eigenvalue weighted by molar-refractivity contribution is -0.384. The van der Waals surface area contributed by atoms with Crippen molar-refractivity contribution in [1.29, 1.82) is 0 Å². The first-order valence-electron chi connectivity index (χ1n) is 9.03. The van der Waals surface area contributed by atoms with Crippen molar-refractivity contribution in [3.8, 4) is 0 Å². The van der Waals surface area contributed by atoms with Gasteiger partial charge in [-0.25, -0.2) is 8.42 Å².